The van der Waals surface area contributed by atoms with Crippen LogP contribution in [0.5, 0.6) is 11.5 Å². The topological polar surface area (TPSA) is 508 Å². The number of rotatable bonds is 18. The van der Waals surface area contributed by atoms with Crippen molar-refractivity contribution in [1.29, 1.82) is 0 Å². The Labute approximate surface area is 624 Å². The third-order valence-corrected chi connectivity index (χ3v) is 19.8. The molecular weight excluding hydrogens is 1410 g/mol. The molecule has 582 valence electrons. The van der Waals surface area contributed by atoms with Crippen LogP contribution in [0, 0.1) is 23.7 Å². The highest BCUT2D eigenvalue weighted by atomic mass is 33.1. The lowest BCUT2D eigenvalue weighted by Gasteiger charge is -2.31. The predicted octanol–water partition coefficient (Wildman–Crippen LogP) is -0.672. The molecule has 0 aliphatic carbocycles. The zero-order valence-electron chi connectivity index (χ0n) is 61.1. The number of phenolic OH excluding ortho intramolecular Hbond substituents is 2. The molecule has 3 aromatic carbocycles. The number of carbonyl (C=O) groups excluding carboxylic acids is 13. The summed E-state index contributed by atoms with van der Waals surface area (Å²) in [6.45, 7) is 14.2. The Bertz CT molecular complexity index is 3540. The van der Waals surface area contributed by atoms with Crippen LogP contribution in [0.15, 0.2) is 78.9 Å². The maximum atomic E-state index is 14.9. The molecule has 106 heavy (non-hydrogen) atoms. The largest absolute Gasteiger partial charge is 0.508 e. The van der Waals surface area contributed by atoms with Crippen LogP contribution in [0.2, 0.25) is 0 Å². The van der Waals surface area contributed by atoms with E-state index in [0.29, 0.717) is 23.1 Å². The normalized spacial score (nSPS) is 25.4. The molecule has 13 atom stereocenters. The quantitative estimate of drug-likeness (QED) is 0.0702. The highest BCUT2D eigenvalue weighted by molar-refractivity contribution is 8.76. The van der Waals surface area contributed by atoms with E-state index in [0.717, 1.165) is 21.6 Å². The van der Waals surface area contributed by atoms with Crippen LogP contribution in [-0.4, -0.2) is 211 Å². The first kappa shape index (κ1) is 87.1. The molecule has 0 radical (unpaired) electrons. The van der Waals surface area contributed by atoms with E-state index < -0.39 is 187 Å². The highest BCUT2D eigenvalue weighted by Gasteiger charge is 2.42. The van der Waals surface area contributed by atoms with Crippen molar-refractivity contribution in [1.82, 2.24) is 63.4 Å². The van der Waals surface area contributed by atoms with Gasteiger partial charge in [-0.25, -0.2) is 0 Å². The van der Waals surface area contributed by atoms with Crippen LogP contribution in [-0.2, 0) is 86.4 Å². The molecule has 19 N–H and O–H groups in total. The Morgan fingerprint density at radius 1 is 0.491 bits per heavy atom. The van der Waals surface area contributed by atoms with Crippen molar-refractivity contribution in [3.63, 3.8) is 0 Å². The van der Waals surface area contributed by atoms with E-state index in [9.17, 15) is 87.5 Å². The minimum Gasteiger partial charge on any atom is -0.508 e. The van der Waals surface area contributed by atoms with E-state index in [2.05, 4.69) is 58.5 Å². The fourth-order valence-electron chi connectivity index (χ4n) is 11.7. The number of nitrogens with one attached hydrogen (secondary N) is 11. The number of phenols is 2. The number of primary amides is 1. The van der Waals surface area contributed by atoms with Crippen LogP contribution in [0.4, 0.5) is 0 Å². The molecule has 3 aromatic rings. The number of carboxylic acids is 1. The Kier molecular flexibility index (Phi) is 35.0. The molecule has 0 saturated carbocycles. The van der Waals surface area contributed by atoms with E-state index in [1.165, 1.54) is 60.4 Å². The van der Waals surface area contributed by atoms with Gasteiger partial charge in [-0.3, -0.25) is 67.1 Å². The fraction of sp³-hybridized carbons (Fsp3) is 0.556. The molecule has 2 fully saturated rings. The lowest BCUT2D eigenvalue weighted by molar-refractivity contribution is -0.142. The second kappa shape index (κ2) is 42.6. The van der Waals surface area contributed by atoms with Crippen molar-refractivity contribution in [2.45, 2.75) is 205 Å². The van der Waals surface area contributed by atoms with Crippen LogP contribution in [0.25, 0.3) is 0 Å². The first-order chi connectivity index (χ1) is 50.0. The lowest BCUT2D eigenvalue weighted by atomic mass is 9.99. The summed E-state index contributed by atoms with van der Waals surface area (Å²) in [5, 5.41) is 69.8. The summed E-state index contributed by atoms with van der Waals surface area (Å²) >= 11 is 0. The second-order valence-electron chi connectivity index (χ2n) is 28.2. The number of fused-ring (bicyclic) bond motifs is 1. The number of hydrogen-bond donors (Lipinski definition) is 17. The maximum absolute atomic E-state index is 14.9. The number of nitrogens with zero attached hydrogens (tertiary/aromatic N) is 1. The molecular formula is C72H104N14O18S2. The summed E-state index contributed by atoms with van der Waals surface area (Å²) in [4.78, 5) is 199. The molecule has 0 unspecified atom stereocenters. The number of aliphatic hydroxyl groups is 1. The number of aromatic hydroxyl groups is 2. The average molecular weight is 1520 g/mol. The van der Waals surface area contributed by atoms with Gasteiger partial charge in [-0.2, -0.15) is 0 Å². The number of amides is 13. The summed E-state index contributed by atoms with van der Waals surface area (Å²) < 4.78 is 0. The van der Waals surface area contributed by atoms with Gasteiger partial charge in [0.1, 0.15) is 78.0 Å². The van der Waals surface area contributed by atoms with Crippen molar-refractivity contribution in [2.75, 3.05) is 24.6 Å². The van der Waals surface area contributed by atoms with Gasteiger partial charge in [-0.05, 0) is 110 Å². The van der Waals surface area contributed by atoms with Gasteiger partial charge >= 0.3 is 5.97 Å². The molecule has 2 heterocycles. The number of aliphatic hydroxyl groups excluding tert-OH is 1. The lowest BCUT2D eigenvalue weighted by Crippen LogP contribution is -2.62. The van der Waals surface area contributed by atoms with E-state index in [1.807, 2.05) is 0 Å². The number of aliphatic carboxylic acids is 1. The molecule has 32 nitrogen and oxygen atoms in total. The minimum atomic E-state index is -1.79. The van der Waals surface area contributed by atoms with Gasteiger partial charge in [0.2, 0.25) is 76.8 Å². The SMILES string of the molecule is CC(C)C[C@@H]1NC(=O)[C@H](Cc2ccccc2)NC(=O)[C@H]([C@@H](C)O)NC(=O)[C@H](CC(C)C)NC(=O)[C@H](CC(C)C)NC(=O)[C@H](CCC(=O)O)NC(=O)[C@@H](N)CSSC[C@@H](C(N)=O)NC(=O)[C@H](Cc2ccc(O)cc2)NC(=O)[C@H](C(C)C)NC(=O)[C@@H]2CCCN2C(=O)[C@H](Cc2ccc(O)cc2)NC(=O)CNC1=O. The van der Waals surface area contributed by atoms with E-state index >= 15 is 0 Å². The molecule has 2 aliphatic rings. The van der Waals surface area contributed by atoms with Gasteiger partial charge < -0.3 is 95.3 Å². The van der Waals surface area contributed by atoms with Gasteiger partial charge in [0.15, 0.2) is 0 Å². The molecule has 0 bridgehead atoms. The van der Waals surface area contributed by atoms with Crippen LogP contribution in [0.1, 0.15) is 124 Å². The van der Waals surface area contributed by atoms with E-state index in [-0.39, 0.29) is 92.2 Å². The number of carbonyl (C=O) groups is 14. The predicted molar refractivity (Wildman–Crippen MR) is 395 cm³/mol. The Hall–Kier alpha value is -9.54. The maximum Gasteiger partial charge on any atom is 0.303 e. The van der Waals surface area contributed by atoms with Crippen molar-refractivity contribution in [3.8, 4) is 11.5 Å². The highest BCUT2D eigenvalue weighted by Crippen LogP contribution is 2.25. The molecule has 5 rings (SSSR count). The van der Waals surface area contributed by atoms with Gasteiger partial charge in [0, 0.05) is 43.7 Å². The minimum absolute atomic E-state index is 0.00972. The zero-order valence-corrected chi connectivity index (χ0v) is 62.8. The average Bonchev–Trinajstić information content (AvgIpc) is 1.59. The third-order valence-electron chi connectivity index (χ3n) is 17.4. The zero-order chi connectivity index (χ0) is 78.6. The summed E-state index contributed by atoms with van der Waals surface area (Å²) in [6.07, 6.45) is -3.05. The number of carboxylic acid groups (broad SMARTS) is 1. The molecule has 0 spiro atoms. The van der Waals surface area contributed by atoms with E-state index in [4.69, 9.17) is 11.5 Å². The Morgan fingerprint density at radius 2 is 0.915 bits per heavy atom. The molecule has 2 aliphatic heterocycles. The number of nitrogens with two attached hydrogens (primary N) is 2. The fourth-order valence-corrected chi connectivity index (χ4v) is 14.0. The van der Waals surface area contributed by atoms with Gasteiger partial charge in [-0.1, -0.05) is 132 Å². The number of benzene rings is 3. The summed E-state index contributed by atoms with van der Waals surface area (Å²) in [7, 11) is 1.91. The van der Waals surface area contributed by atoms with Crippen molar-refractivity contribution < 1.29 is 87.5 Å². The standard InChI is InChI=1S/C72H104N14O18S2/c1-37(2)28-49-63(95)75-34-57(90)76-54(33-44-19-23-46(89)24-20-44)72(104)86-27-13-16-56(86)69(101)84-59(40(7)8)70(102)81-53(32-43-17-21-45(88)22-18-43)67(99)83-55(61(74)93)36-106-105-35-47(73)62(94)77-48(25-26-58(91)92)64(96)79-50(29-38(3)4)65(97)80-51(30-39(5)6)68(100)85-60(41(9)87)71(103)82-52(66(98)78-49)31-42-14-11-10-12-15-42/h10-12,14-15,17-24,37-41,47-56,59-60,87-89H,13,16,25-36,73H2,1-9H3,(H2,74,93)(H,75,95)(H,76,90)(H,77,94)(H,78,98)(H,79,96)(H,80,97)(H,81,102)(H,82,103)(H,83,99)(H,84,101)(H,85,100)(H,91,92)/t41-,47+,48+,49+,50+,51+,52+,53+,54+,55+,56+,59+,60+/m1/s1. The number of hydrogen-bond acceptors (Lipinski definition) is 20. The molecule has 0 aromatic heterocycles. The van der Waals surface area contributed by atoms with E-state index in [1.54, 1.807) is 85.7 Å². The van der Waals surface area contributed by atoms with Crippen LogP contribution in [0.3, 0.4) is 0 Å². The first-order valence-corrected chi connectivity index (χ1v) is 37.9. The molecule has 2 saturated heterocycles. The van der Waals surface area contributed by atoms with Crippen LogP contribution >= 0.6 is 21.6 Å². The summed E-state index contributed by atoms with van der Waals surface area (Å²) in [5.41, 5.74) is 13.6. The smallest absolute Gasteiger partial charge is 0.303 e. The van der Waals surface area contributed by atoms with Crippen molar-refractivity contribution >= 4 is 104 Å². The molecule has 13 amide bonds. The Balaban J connectivity index is 1.54. The monoisotopic (exact) mass is 1520 g/mol. The summed E-state index contributed by atoms with van der Waals surface area (Å²) in [5.74, 6) is -15.2. The van der Waals surface area contributed by atoms with Gasteiger partial charge in [0.25, 0.3) is 0 Å². The van der Waals surface area contributed by atoms with Gasteiger partial charge in [-0.15, -0.1) is 0 Å². The first-order valence-electron chi connectivity index (χ1n) is 35.4. The summed E-state index contributed by atoms with van der Waals surface area (Å²) in [6, 6.07) is 2.51. The molecule has 34 heteroatoms. The van der Waals surface area contributed by atoms with Gasteiger partial charge in [0.05, 0.1) is 18.7 Å². The van der Waals surface area contributed by atoms with Crippen molar-refractivity contribution in [3.05, 3.63) is 95.6 Å². The third kappa shape index (κ3) is 28.7. The van der Waals surface area contributed by atoms with Crippen LogP contribution < -0.4 is 70.0 Å². The second-order valence-corrected chi connectivity index (χ2v) is 30.8. The van der Waals surface area contributed by atoms with Crippen molar-refractivity contribution in [2.24, 2.45) is 35.1 Å². The Morgan fingerprint density at radius 3 is 1.41 bits per heavy atom.